The third-order valence-corrected chi connectivity index (χ3v) is 8.45. The number of unbranched alkanes of at least 4 members (excludes halogenated alkanes) is 4. The van der Waals surface area contributed by atoms with Crippen LogP contribution in [-0.2, 0) is 15.9 Å². The summed E-state index contributed by atoms with van der Waals surface area (Å²) in [6, 6.07) is 26.0. The van der Waals surface area contributed by atoms with Crippen LogP contribution >= 0.6 is 9.24 Å². The number of methoxy groups -OCH3 is 2. The van der Waals surface area contributed by atoms with Crippen LogP contribution in [-0.4, -0.2) is 40.3 Å². The zero-order valence-corrected chi connectivity index (χ0v) is 27.6. The Bertz CT molecular complexity index is 1530. The average molecular weight is 626 g/mol. The number of ether oxygens (including phenoxy) is 3. The first-order valence-corrected chi connectivity index (χ1v) is 16.3. The van der Waals surface area contributed by atoms with Gasteiger partial charge < -0.3 is 19.6 Å². The zero-order chi connectivity index (χ0) is 31.9. The van der Waals surface area contributed by atoms with Gasteiger partial charge in [-0.05, 0) is 70.8 Å². The van der Waals surface area contributed by atoms with Gasteiger partial charge in [-0.25, -0.2) is 4.39 Å². The van der Waals surface area contributed by atoms with Crippen LogP contribution in [0.2, 0.25) is 0 Å². The summed E-state index contributed by atoms with van der Waals surface area (Å²) >= 11 is 0. The van der Waals surface area contributed by atoms with E-state index in [2.05, 4.69) is 33.5 Å². The maximum atomic E-state index is 15.8. The fourth-order valence-corrected chi connectivity index (χ4v) is 5.74. The van der Waals surface area contributed by atoms with E-state index in [1.807, 2.05) is 66.7 Å². The van der Waals surface area contributed by atoms with Crippen LogP contribution in [0.3, 0.4) is 0 Å². The van der Waals surface area contributed by atoms with Gasteiger partial charge >= 0.3 is 0 Å². The highest BCUT2D eigenvalue weighted by Gasteiger charge is 2.15. The van der Waals surface area contributed by atoms with E-state index in [0.717, 1.165) is 53.9 Å². The summed E-state index contributed by atoms with van der Waals surface area (Å²) in [7, 11) is 6.03. The quantitative estimate of drug-likeness (QED) is 0.0519. The Morgan fingerprint density at radius 2 is 1.29 bits per heavy atom. The molecule has 0 bridgehead atoms. The molecular weight excluding hydrogens is 580 g/mol. The van der Waals surface area contributed by atoms with E-state index in [4.69, 9.17) is 19.6 Å². The molecule has 0 radical (unpaired) electrons. The average Bonchev–Trinajstić information content (AvgIpc) is 3.07. The molecule has 4 nitrogen and oxygen atoms in total. The van der Waals surface area contributed by atoms with Crippen LogP contribution in [0.25, 0.3) is 34.4 Å². The number of hydrogen-bond acceptors (Lipinski definition) is 4. The highest BCUT2D eigenvalue weighted by atomic mass is 31.0. The number of aryl methyl sites for hydroxylation is 1. The van der Waals surface area contributed by atoms with E-state index in [1.165, 1.54) is 37.5 Å². The lowest BCUT2D eigenvalue weighted by atomic mass is 9.94. The Morgan fingerprint density at radius 1 is 0.667 bits per heavy atom. The van der Waals surface area contributed by atoms with Crippen molar-refractivity contribution in [1.29, 1.82) is 5.41 Å². The van der Waals surface area contributed by atoms with Crippen LogP contribution in [0.4, 0.5) is 4.39 Å². The first kappa shape index (κ1) is 34.2. The SMILES string of the molecule is COCCCCCCCc1ccc(-c2ccc(-c3ccc(/C=C/c4ccc(OCCCOC)cc4)cc3C=N)c(F)c2P)cc1. The topological polar surface area (TPSA) is 51.5 Å². The fourth-order valence-electron chi connectivity index (χ4n) is 5.32. The summed E-state index contributed by atoms with van der Waals surface area (Å²) in [6.45, 7) is 2.14. The Labute approximate surface area is 270 Å². The molecule has 0 heterocycles. The van der Waals surface area contributed by atoms with Gasteiger partial charge in [-0.2, -0.15) is 0 Å². The minimum atomic E-state index is -0.286. The molecular formula is C39H45FNO3P. The van der Waals surface area contributed by atoms with Gasteiger partial charge in [-0.1, -0.05) is 92.1 Å². The molecule has 4 aromatic rings. The Morgan fingerprint density at radius 3 is 2.02 bits per heavy atom. The lowest BCUT2D eigenvalue weighted by Gasteiger charge is -2.14. The second kappa shape index (κ2) is 18.4. The molecule has 0 aliphatic carbocycles. The number of hydrogen-bond donors (Lipinski definition) is 1. The summed E-state index contributed by atoms with van der Waals surface area (Å²) in [5.74, 6) is 0.541. The molecule has 0 aliphatic heterocycles. The minimum Gasteiger partial charge on any atom is -0.494 e. The lowest BCUT2D eigenvalue weighted by Crippen LogP contribution is -2.06. The van der Waals surface area contributed by atoms with Gasteiger partial charge in [0.2, 0.25) is 0 Å². The van der Waals surface area contributed by atoms with Gasteiger partial charge in [0.05, 0.1) is 6.61 Å². The zero-order valence-electron chi connectivity index (χ0n) is 26.5. The van der Waals surface area contributed by atoms with E-state index >= 15 is 4.39 Å². The molecule has 1 unspecified atom stereocenters. The van der Waals surface area contributed by atoms with Crippen molar-refractivity contribution < 1.29 is 18.6 Å². The van der Waals surface area contributed by atoms with E-state index in [0.29, 0.717) is 35.2 Å². The number of rotatable bonds is 18. The van der Waals surface area contributed by atoms with Crippen molar-refractivity contribution in [1.82, 2.24) is 0 Å². The van der Waals surface area contributed by atoms with E-state index in [1.54, 1.807) is 14.2 Å². The molecule has 0 saturated carbocycles. The third kappa shape index (κ3) is 10.2. The molecule has 1 atom stereocenters. The fraction of sp³-hybridized carbons (Fsp3) is 0.308. The molecule has 0 aliphatic rings. The molecule has 0 aromatic heterocycles. The van der Waals surface area contributed by atoms with E-state index in [-0.39, 0.29) is 5.82 Å². The first-order chi connectivity index (χ1) is 22.0. The highest BCUT2D eigenvalue weighted by Crippen LogP contribution is 2.31. The van der Waals surface area contributed by atoms with Crippen LogP contribution in [0, 0.1) is 11.2 Å². The smallest absolute Gasteiger partial charge is 0.138 e. The maximum Gasteiger partial charge on any atom is 0.138 e. The standard InChI is InChI=1S/C39H45FNO3P/c1-42-24-7-5-3-4-6-9-29-12-17-32(18-13-29)36-22-23-37(38(40)39(36)45)35-21-16-31(27-33(35)28-41)11-10-30-14-19-34(20-15-30)44-26-8-25-43-2/h10-23,27-28,41H,3-9,24-26,45H2,1-2H3/b11-10+,41-28?. The van der Waals surface area contributed by atoms with Gasteiger partial charge in [0.1, 0.15) is 11.6 Å². The predicted molar refractivity (Wildman–Crippen MR) is 191 cm³/mol. The van der Waals surface area contributed by atoms with Gasteiger partial charge in [-0.3, -0.25) is 0 Å². The second-order valence-corrected chi connectivity index (χ2v) is 11.8. The Kier molecular flexibility index (Phi) is 14.0. The molecule has 0 spiro atoms. The van der Waals surface area contributed by atoms with Crippen molar-refractivity contribution in [2.45, 2.75) is 44.9 Å². The van der Waals surface area contributed by atoms with Gasteiger partial charge in [0, 0.05) is 56.5 Å². The number of benzene rings is 4. The number of nitrogens with one attached hydrogen (secondary N) is 1. The van der Waals surface area contributed by atoms with E-state index in [9.17, 15) is 0 Å². The van der Waals surface area contributed by atoms with Gasteiger partial charge in [0.15, 0.2) is 0 Å². The summed E-state index contributed by atoms with van der Waals surface area (Å²) < 4.78 is 31.7. The first-order valence-electron chi connectivity index (χ1n) is 15.7. The molecule has 45 heavy (non-hydrogen) atoms. The molecule has 0 fully saturated rings. The maximum absolute atomic E-state index is 15.8. The summed E-state index contributed by atoms with van der Waals surface area (Å²) in [5.41, 5.74) is 6.98. The highest BCUT2D eigenvalue weighted by molar-refractivity contribution is 7.28. The molecule has 0 amide bonds. The van der Waals surface area contributed by atoms with Crippen LogP contribution in [0.5, 0.6) is 5.75 Å². The molecule has 1 N–H and O–H groups in total. The van der Waals surface area contributed by atoms with E-state index < -0.39 is 0 Å². The largest absolute Gasteiger partial charge is 0.494 e. The number of halogens is 1. The van der Waals surface area contributed by atoms with Crippen LogP contribution < -0.4 is 10.0 Å². The van der Waals surface area contributed by atoms with Crippen LogP contribution in [0.15, 0.2) is 78.9 Å². The lowest BCUT2D eigenvalue weighted by molar-refractivity contribution is 0.172. The Hall–Kier alpha value is -3.63. The molecule has 0 saturated heterocycles. The molecule has 6 heteroatoms. The summed E-state index contributed by atoms with van der Waals surface area (Å²) in [6.07, 6.45) is 13.2. The predicted octanol–water partition coefficient (Wildman–Crippen LogP) is 9.38. The van der Waals surface area contributed by atoms with Crippen molar-refractivity contribution in [2.24, 2.45) is 0 Å². The van der Waals surface area contributed by atoms with Crippen molar-refractivity contribution in [2.75, 3.05) is 34.0 Å². The van der Waals surface area contributed by atoms with Crippen LogP contribution in [0.1, 0.15) is 60.8 Å². The Balaban J connectivity index is 1.40. The minimum absolute atomic E-state index is 0.286. The molecule has 236 valence electrons. The third-order valence-electron chi connectivity index (χ3n) is 7.89. The van der Waals surface area contributed by atoms with Gasteiger partial charge in [-0.15, -0.1) is 9.24 Å². The van der Waals surface area contributed by atoms with Crippen molar-refractivity contribution in [3.8, 4) is 28.0 Å². The summed E-state index contributed by atoms with van der Waals surface area (Å²) in [5, 5.41) is 8.58. The molecule has 4 aromatic carbocycles. The van der Waals surface area contributed by atoms with Crippen molar-refractivity contribution >= 4 is 32.9 Å². The van der Waals surface area contributed by atoms with Crippen molar-refractivity contribution in [3.63, 3.8) is 0 Å². The monoisotopic (exact) mass is 625 g/mol. The normalized spacial score (nSPS) is 11.3. The summed E-state index contributed by atoms with van der Waals surface area (Å²) in [4.78, 5) is 0. The molecule has 4 rings (SSSR count). The van der Waals surface area contributed by atoms with Crippen molar-refractivity contribution in [3.05, 3.63) is 107 Å². The second-order valence-electron chi connectivity index (χ2n) is 11.2. The van der Waals surface area contributed by atoms with Gasteiger partial charge in [0.25, 0.3) is 0 Å².